The maximum absolute atomic E-state index is 13.5. The summed E-state index contributed by atoms with van der Waals surface area (Å²) in [6.45, 7) is 11.9. The van der Waals surface area contributed by atoms with Gasteiger partial charge in [0.25, 0.3) is 5.91 Å². The van der Waals surface area contributed by atoms with Gasteiger partial charge in [-0.15, -0.1) is 0 Å². The Labute approximate surface area is 268 Å². The Balaban J connectivity index is 1.17. The molecular weight excluding hydrogens is 578 g/mol. The molecule has 0 spiro atoms. The summed E-state index contributed by atoms with van der Waals surface area (Å²) >= 11 is 0. The van der Waals surface area contributed by atoms with Gasteiger partial charge in [-0.3, -0.25) is 19.3 Å². The van der Waals surface area contributed by atoms with Gasteiger partial charge in [-0.25, -0.2) is 0 Å². The third-order valence-electron chi connectivity index (χ3n) is 8.22. The number of likely N-dealkylation sites (N-methyl/N-ethyl adjacent to an activating group) is 1. The van der Waals surface area contributed by atoms with Crippen molar-refractivity contribution in [2.24, 2.45) is 4.99 Å². The number of benzene rings is 3. The number of aliphatic imine (C=N–C) groups is 1. The minimum Gasteiger partial charge on any atom is -0.494 e. The molecule has 0 radical (unpaired) electrons. The number of H-pyrrole nitrogens is 1. The van der Waals surface area contributed by atoms with Crippen LogP contribution in [0.25, 0.3) is 10.9 Å². The van der Waals surface area contributed by atoms with Crippen molar-refractivity contribution in [2.75, 3.05) is 43.4 Å². The first-order chi connectivity index (χ1) is 22.0. The van der Waals surface area contributed by atoms with Crippen LogP contribution in [0.5, 0.6) is 5.88 Å². The number of anilines is 2. The molecule has 2 aromatic heterocycles. The van der Waals surface area contributed by atoms with Crippen LogP contribution in [0.4, 0.5) is 17.1 Å². The van der Waals surface area contributed by atoms with Gasteiger partial charge >= 0.3 is 0 Å². The van der Waals surface area contributed by atoms with Crippen LogP contribution < -0.4 is 10.2 Å². The van der Waals surface area contributed by atoms with E-state index in [0.29, 0.717) is 33.6 Å². The molecule has 5 aromatic rings. The average molecular weight is 618 g/mol. The first kappa shape index (κ1) is 30.8. The van der Waals surface area contributed by atoms with Crippen molar-refractivity contribution in [3.63, 3.8) is 0 Å². The SMILES string of the molecule is Cc1cc(C(=O)Nc2cccc(C(=O)c3ccc4c(C=Nc5ccc(N6CCN(C)CC6)cc5)c(O)[nH]c4c3)c2)n(C(C)(C)C)n1. The van der Waals surface area contributed by atoms with Gasteiger partial charge in [0.15, 0.2) is 11.7 Å². The summed E-state index contributed by atoms with van der Waals surface area (Å²) in [6, 6.07) is 22.0. The van der Waals surface area contributed by atoms with Crippen LogP contribution in [0.3, 0.4) is 0 Å². The van der Waals surface area contributed by atoms with Crippen LogP contribution in [0.2, 0.25) is 0 Å². The molecular formula is C36H39N7O3. The standard InChI is InChI=1S/C36H39N7O3/c1-23-19-32(43(40-23)36(2,3)4)35(46)38-27-8-6-7-24(20-27)33(44)25-9-14-29-30(34(45)39-31(29)21-25)22-37-26-10-12-28(13-11-26)42-17-15-41(5)16-18-42/h6-14,19-22,39,45H,15-18H2,1-5H3,(H,38,46). The summed E-state index contributed by atoms with van der Waals surface area (Å²) in [5, 5.41) is 18.8. The number of carbonyl (C=O) groups is 2. The Hall–Kier alpha value is -5.22. The molecule has 3 aromatic carbocycles. The van der Waals surface area contributed by atoms with Crippen LogP contribution in [0.15, 0.2) is 77.8 Å². The molecule has 6 rings (SSSR count). The third-order valence-corrected chi connectivity index (χ3v) is 8.22. The molecule has 0 bridgehead atoms. The molecule has 10 nitrogen and oxygen atoms in total. The number of aromatic nitrogens is 3. The van der Waals surface area contributed by atoms with E-state index in [-0.39, 0.29) is 23.1 Å². The lowest BCUT2D eigenvalue weighted by Crippen LogP contribution is -2.44. The van der Waals surface area contributed by atoms with Crippen molar-refractivity contribution >= 4 is 45.9 Å². The number of amides is 1. The minimum atomic E-state index is -0.370. The lowest BCUT2D eigenvalue weighted by atomic mass is 10.0. The van der Waals surface area contributed by atoms with Crippen LogP contribution in [-0.4, -0.2) is 75.9 Å². The van der Waals surface area contributed by atoms with Gasteiger partial charge in [0.05, 0.1) is 22.5 Å². The van der Waals surface area contributed by atoms with Crippen molar-refractivity contribution in [1.82, 2.24) is 19.7 Å². The first-order valence-corrected chi connectivity index (χ1v) is 15.4. The molecule has 0 unspecified atom stereocenters. The Morgan fingerprint density at radius 2 is 1.67 bits per heavy atom. The van der Waals surface area contributed by atoms with E-state index < -0.39 is 0 Å². The maximum atomic E-state index is 13.5. The van der Waals surface area contributed by atoms with Gasteiger partial charge < -0.3 is 25.2 Å². The number of ketones is 1. The van der Waals surface area contributed by atoms with Gasteiger partial charge in [-0.1, -0.05) is 24.3 Å². The lowest BCUT2D eigenvalue weighted by molar-refractivity contribution is 0.100. The van der Waals surface area contributed by atoms with Crippen molar-refractivity contribution < 1.29 is 14.7 Å². The molecule has 236 valence electrons. The summed E-state index contributed by atoms with van der Waals surface area (Å²) in [6.07, 6.45) is 1.64. The highest BCUT2D eigenvalue weighted by Gasteiger charge is 2.23. The molecule has 1 saturated heterocycles. The van der Waals surface area contributed by atoms with Crippen LogP contribution in [-0.2, 0) is 5.54 Å². The molecule has 46 heavy (non-hydrogen) atoms. The number of hydrogen-bond donors (Lipinski definition) is 3. The second-order valence-electron chi connectivity index (χ2n) is 12.8. The number of fused-ring (bicyclic) bond motifs is 1. The van der Waals surface area contributed by atoms with E-state index in [1.165, 1.54) is 5.69 Å². The molecule has 3 N–H and O–H groups in total. The summed E-state index contributed by atoms with van der Waals surface area (Å²) in [5.41, 5.74) is 5.32. The molecule has 0 atom stereocenters. The minimum absolute atomic E-state index is 0.0214. The van der Waals surface area contributed by atoms with Crippen LogP contribution >= 0.6 is 0 Å². The predicted molar refractivity (Wildman–Crippen MR) is 183 cm³/mol. The predicted octanol–water partition coefficient (Wildman–Crippen LogP) is 6.12. The summed E-state index contributed by atoms with van der Waals surface area (Å²) in [7, 11) is 2.14. The zero-order chi connectivity index (χ0) is 32.6. The zero-order valence-electron chi connectivity index (χ0n) is 26.8. The number of rotatable bonds is 7. The quantitative estimate of drug-likeness (QED) is 0.150. The monoisotopic (exact) mass is 617 g/mol. The van der Waals surface area contributed by atoms with Crippen molar-refractivity contribution in [3.8, 4) is 5.88 Å². The highest BCUT2D eigenvalue weighted by Crippen LogP contribution is 2.29. The van der Waals surface area contributed by atoms with E-state index in [1.807, 2.05) is 39.8 Å². The fourth-order valence-electron chi connectivity index (χ4n) is 5.70. The number of aryl methyl sites for hydroxylation is 1. The number of carbonyl (C=O) groups excluding carboxylic acids is 2. The normalized spacial score (nSPS) is 14.3. The second kappa shape index (κ2) is 12.3. The fraction of sp³-hybridized carbons (Fsp3) is 0.278. The molecule has 3 heterocycles. The highest BCUT2D eigenvalue weighted by molar-refractivity contribution is 6.13. The van der Waals surface area contributed by atoms with Crippen molar-refractivity contribution in [1.29, 1.82) is 0 Å². The Bertz CT molecular complexity index is 1940. The van der Waals surface area contributed by atoms with Crippen LogP contribution in [0.1, 0.15) is 58.4 Å². The molecule has 0 saturated carbocycles. The number of nitrogens with zero attached hydrogens (tertiary/aromatic N) is 5. The molecule has 1 amide bonds. The number of aromatic hydroxyl groups is 1. The van der Waals surface area contributed by atoms with Gasteiger partial charge in [-0.05, 0) is 83.3 Å². The van der Waals surface area contributed by atoms with Gasteiger partial charge in [0.2, 0.25) is 0 Å². The van der Waals surface area contributed by atoms with Crippen LogP contribution in [0, 0.1) is 6.92 Å². The van der Waals surface area contributed by atoms with Gasteiger partial charge in [0, 0.05) is 65.8 Å². The third kappa shape index (κ3) is 6.43. The Kier molecular flexibility index (Phi) is 8.22. The zero-order valence-corrected chi connectivity index (χ0v) is 26.8. The van der Waals surface area contributed by atoms with Crippen molar-refractivity contribution in [2.45, 2.75) is 33.2 Å². The molecule has 1 aliphatic heterocycles. The maximum Gasteiger partial charge on any atom is 0.273 e. The topological polar surface area (TPSA) is 119 Å². The summed E-state index contributed by atoms with van der Waals surface area (Å²) < 4.78 is 1.71. The van der Waals surface area contributed by atoms with E-state index in [4.69, 9.17) is 0 Å². The van der Waals surface area contributed by atoms with E-state index in [0.717, 1.165) is 42.9 Å². The van der Waals surface area contributed by atoms with Gasteiger partial charge in [-0.2, -0.15) is 5.10 Å². The lowest BCUT2D eigenvalue weighted by Gasteiger charge is -2.34. The Morgan fingerprint density at radius 3 is 2.39 bits per heavy atom. The summed E-state index contributed by atoms with van der Waals surface area (Å²) in [4.78, 5) is 38.9. The second-order valence-corrected chi connectivity index (χ2v) is 12.8. The van der Waals surface area contributed by atoms with E-state index in [9.17, 15) is 14.7 Å². The molecule has 1 aliphatic rings. The summed E-state index contributed by atoms with van der Waals surface area (Å²) in [5.74, 6) is -0.534. The largest absolute Gasteiger partial charge is 0.494 e. The molecule has 1 fully saturated rings. The molecule has 10 heteroatoms. The van der Waals surface area contributed by atoms with E-state index in [2.05, 4.69) is 49.4 Å². The highest BCUT2D eigenvalue weighted by atomic mass is 16.3. The van der Waals surface area contributed by atoms with Gasteiger partial charge in [0.1, 0.15) is 5.69 Å². The smallest absolute Gasteiger partial charge is 0.273 e. The number of nitrogens with one attached hydrogen (secondary N) is 2. The number of hydrogen-bond acceptors (Lipinski definition) is 7. The average Bonchev–Trinajstić information content (AvgIpc) is 3.59. The first-order valence-electron chi connectivity index (χ1n) is 15.4. The van der Waals surface area contributed by atoms with Crippen molar-refractivity contribution in [3.05, 3.63) is 101 Å². The Morgan fingerprint density at radius 1 is 0.957 bits per heavy atom. The van der Waals surface area contributed by atoms with E-state index in [1.54, 1.807) is 59.4 Å². The number of aromatic amines is 1. The fourth-order valence-corrected chi connectivity index (χ4v) is 5.70. The number of piperazine rings is 1. The molecule has 0 aliphatic carbocycles. The van der Waals surface area contributed by atoms with E-state index >= 15 is 0 Å².